The van der Waals surface area contributed by atoms with Gasteiger partial charge in [-0.15, -0.1) is 0 Å². The average molecular weight is 245 g/mol. The van der Waals surface area contributed by atoms with E-state index in [4.69, 9.17) is 0 Å². The summed E-state index contributed by atoms with van der Waals surface area (Å²) in [6.07, 6.45) is 9.29. The number of aromatic hydroxyl groups is 1. The number of hydrogen-bond donors (Lipinski definition) is 2. The van der Waals surface area contributed by atoms with Crippen LogP contribution in [0.2, 0.25) is 0 Å². The van der Waals surface area contributed by atoms with Gasteiger partial charge in [-0.25, -0.2) is 0 Å². The molecule has 98 valence electrons. The Morgan fingerprint density at radius 2 is 1.89 bits per heavy atom. The van der Waals surface area contributed by atoms with Crippen LogP contribution in [0.25, 0.3) is 0 Å². The molecule has 1 saturated heterocycles. The largest absolute Gasteiger partial charge is 0.508 e. The lowest BCUT2D eigenvalue weighted by Crippen LogP contribution is -2.48. The Balaban J connectivity index is 1.78. The van der Waals surface area contributed by atoms with E-state index in [1.165, 1.54) is 50.6 Å². The molecule has 18 heavy (non-hydrogen) atoms. The molecule has 2 nitrogen and oxygen atoms in total. The van der Waals surface area contributed by atoms with Crippen LogP contribution in [-0.4, -0.2) is 17.2 Å². The quantitative estimate of drug-likeness (QED) is 0.856. The Morgan fingerprint density at radius 1 is 1.11 bits per heavy atom. The summed E-state index contributed by atoms with van der Waals surface area (Å²) in [5, 5.41) is 13.2. The van der Waals surface area contributed by atoms with Crippen molar-refractivity contribution in [1.82, 2.24) is 5.32 Å². The third-order valence-electron chi connectivity index (χ3n) is 4.59. The van der Waals surface area contributed by atoms with Gasteiger partial charge in [0, 0.05) is 5.54 Å². The fourth-order valence-corrected chi connectivity index (χ4v) is 3.43. The van der Waals surface area contributed by atoms with Crippen LogP contribution in [0.3, 0.4) is 0 Å². The molecule has 2 heteroatoms. The van der Waals surface area contributed by atoms with Gasteiger partial charge in [0.1, 0.15) is 5.75 Å². The molecule has 1 heterocycles. The Hall–Kier alpha value is -1.02. The van der Waals surface area contributed by atoms with Gasteiger partial charge in [0.15, 0.2) is 0 Å². The standard InChI is InChI=1S/C16H23NO/c18-15-8-4-13(5-9-15)12-16(14-6-7-14)10-2-1-3-11-17-16/h4-5,8-9,14,17-18H,1-3,6-7,10-12H2. The van der Waals surface area contributed by atoms with E-state index >= 15 is 0 Å². The smallest absolute Gasteiger partial charge is 0.115 e. The van der Waals surface area contributed by atoms with Gasteiger partial charge in [-0.05, 0) is 62.3 Å². The minimum absolute atomic E-state index is 0.341. The number of hydrogen-bond acceptors (Lipinski definition) is 2. The van der Waals surface area contributed by atoms with Crippen LogP contribution in [0, 0.1) is 5.92 Å². The van der Waals surface area contributed by atoms with Crippen LogP contribution >= 0.6 is 0 Å². The molecular weight excluding hydrogens is 222 g/mol. The maximum Gasteiger partial charge on any atom is 0.115 e. The molecule has 1 saturated carbocycles. The van der Waals surface area contributed by atoms with Crippen molar-refractivity contribution < 1.29 is 5.11 Å². The van der Waals surface area contributed by atoms with Crippen molar-refractivity contribution in [2.75, 3.05) is 6.54 Å². The summed E-state index contributed by atoms with van der Waals surface area (Å²) in [5.41, 5.74) is 1.70. The van der Waals surface area contributed by atoms with Gasteiger partial charge < -0.3 is 10.4 Å². The summed E-state index contributed by atoms with van der Waals surface area (Å²) in [7, 11) is 0. The second kappa shape index (κ2) is 4.93. The van der Waals surface area contributed by atoms with Crippen molar-refractivity contribution >= 4 is 0 Å². The molecule has 0 spiro atoms. The van der Waals surface area contributed by atoms with Crippen molar-refractivity contribution in [1.29, 1.82) is 0 Å². The lowest BCUT2D eigenvalue weighted by atomic mass is 9.82. The second-order valence-electron chi connectivity index (χ2n) is 6.01. The molecule has 2 N–H and O–H groups in total. The van der Waals surface area contributed by atoms with Crippen molar-refractivity contribution in [3.05, 3.63) is 29.8 Å². The first kappa shape index (κ1) is 12.0. The molecule has 1 aromatic carbocycles. The topological polar surface area (TPSA) is 32.3 Å². The predicted octanol–water partition coefficient (Wildman–Crippen LogP) is 3.25. The van der Waals surface area contributed by atoms with Crippen molar-refractivity contribution in [2.24, 2.45) is 5.92 Å². The third kappa shape index (κ3) is 2.54. The number of phenolic OH excluding ortho intramolecular Hbond substituents is 1. The highest BCUT2D eigenvalue weighted by Gasteiger charge is 2.44. The summed E-state index contributed by atoms with van der Waals surface area (Å²) < 4.78 is 0. The Morgan fingerprint density at radius 3 is 2.61 bits per heavy atom. The first-order chi connectivity index (χ1) is 8.78. The van der Waals surface area contributed by atoms with Gasteiger partial charge >= 0.3 is 0 Å². The SMILES string of the molecule is Oc1ccc(CC2(C3CC3)CCCCCN2)cc1. The maximum absolute atomic E-state index is 9.38. The van der Waals surface area contributed by atoms with E-state index in [1.807, 2.05) is 12.1 Å². The zero-order valence-corrected chi connectivity index (χ0v) is 11.0. The number of rotatable bonds is 3. The molecule has 0 amide bonds. The lowest BCUT2D eigenvalue weighted by molar-refractivity contribution is 0.271. The number of phenols is 1. The minimum Gasteiger partial charge on any atom is -0.508 e. The number of benzene rings is 1. The average Bonchev–Trinajstić information content (AvgIpc) is 3.18. The van der Waals surface area contributed by atoms with E-state index in [9.17, 15) is 5.11 Å². The van der Waals surface area contributed by atoms with E-state index < -0.39 is 0 Å². The zero-order chi connectivity index (χ0) is 12.4. The molecule has 2 aliphatic rings. The van der Waals surface area contributed by atoms with Crippen LogP contribution in [0.1, 0.15) is 44.1 Å². The third-order valence-corrected chi connectivity index (χ3v) is 4.59. The summed E-state index contributed by atoms with van der Waals surface area (Å²) in [6.45, 7) is 1.18. The van der Waals surface area contributed by atoms with Crippen LogP contribution < -0.4 is 5.32 Å². The van der Waals surface area contributed by atoms with Crippen molar-refractivity contribution in [3.8, 4) is 5.75 Å². The van der Waals surface area contributed by atoms with Gasteiger partial charge in [0.2, 0.25) is 0 Å². The summed E-state index contributed by atoms with van der Waals surface area (Å²) in [5.74, 6) is 1.25. The maximum atomic E-state index is 9.38. The molecule has 1 unspecified atom stereocenters. The summed E-state index contributed by atoms with van der Waals surface area (Å²) in [4.78, 5) is 0. The zero-order valence-electron chi connectivity index (χ0n) is 11.0. The van der Waals surface area contributed by atoms with Gasteiger partial charge in [0.05, 0.1) is 0 Å². The van der Waals surface area contributed by atoms with Crippen LogP contribution in [-0.2, 0) is 6.42 Å². The Bertz CT molecular complexity index is 386. The van der Waals surface area contributed by atoms with Gasteiger partial charge in [-0.2, -0.15) is 0 Å². The highest BCUT2D eigenvalue weighted by atomic mass is 16.3. The van der Waals surface area contributed by atoms with E-state index in [0.29, 0.717) is 11.3 Å². The normalized spacial score (nSPS) is 28.9. The molecule has 0 aromatic heterocycles. The van der Waals surface area contributed by atoms with Crippen LogP contribution in [0.5, 0.6) is 5.75 Å². The Labute approximate surface area is 109 Å². The predicted molar refractivity (Wildman–Crippen MR) is 73.7 cm³/mol. The molecule has 1 aliphatic carbocycles. The molecule has 0 bridgehead atoms. The summed E-state index contributed by atoms with van der Waals surface area (Å²) >= 11 is 0. The van der Waals surface area contributed by atoms with Crippen molar-refractivity contribution in [2.45, 2.75) is 50.5 Å². The lowest BCUT2D eigenvalue weighted by Gasteiger charge is -2.34. The van der Waals surface area contributed by atoms with Crippen LogP contribution in [0.4, 0.5) is 0 Å². The fourth-order valence-electron chi connectivity index (χ4n) is 3.43. The van der Waals surface area contributed by atoms with E-state index in [1.54, 1.807) is 0 Å². The van der Waals surface area contributed by atoms with Gasteiger partial charge in [-0.3, -0.25) is 0 Å². The molecule has 1 aliphatic heterocycles. The molecule has 0 radical (unpaired) electrons. The van der Waals surface area contributed by atoms with E-state index in [2.05, 4.69) is 17.4 Å². The second-order valence-corrected chi connectivity index (χ2v) is 6.01. The Kier molecular flexibility index (Phi) is 3.29. The monoisotopic (exact) mass is 245 g/mol. The fraction of sp³-hybridized carbons (Fsp3) is 0.625. The van der Waals surface area contributed by atoms with E-state index in [-0.39, 0.29) is 0 Å². The highest BCUT2D eigenvalue weighted by Crippen LogP contribution is 2.45. The molecule has 3 rings (SSSR count). The summed E-state index contributed by atoms with van der Waals surface area (Å²) in [6, 6.07) is 7.78. The van der Waals surface area contributed by atoms with Gasteiger partial charge in [-0.1, -0.05) is 25.0 Å². The minimum atomic E-state index is 0.341. The molecule has 1 atom stereocenters. The number of nitrogens with one attached hydrogen (secondary N) is 1. The molecule has 1 aromatic rings. The first-order valence-corrected chi connectivity index (χ1v) is 7.31. The van der Waals surface area contributed by atoms with Crippen molar-refractivity contribution in [3.63, 3.8) is 0 Å². The highest BCUT2D eigenvalue weighted by molar-refractivity contribution is 5.28. The molecular formula is C16H23NO. The molecule has 2 fully saturated rings. The van der Waals surface area contributed by atoms with Gasteiger partial charge in [0.25, 0.3) is 0 Å². The van der Waals surface area contributed by atoms with E-state index in [0.717, 1.165) is 12.3 Å². The first-order valence-electron chi connectivity index (χ1n) is 7.31. The van der Waals surface area contributed by atoms with Crippen LogP contribution in [0.15, 0.2) is 24.3 Å².